The van der Waals surface area contributed by atoms with E-state index in [1.54, 1.807) is 36.3 Å². The van der Waals surface area contributed by atoms with Gasteiger partial charge in [0.1, 0.15) is 5.75 Å². The van der Waals surface area contributed by atoms with Gasteiger partial charge in [-0.1, -0.05) is 24.3 Å². The minimum Gasteiger partial charge on any atom is -0.497 e. The van der Waals surface area contributed by atoms with Crippen molar-refractivity contribution < 1.29 is 22.7 Å². The molecule has 8 heteroatoms. The van der Waals surface area contributed by atoms with Crippen LogP contribution >= 0.6 is 0 Å². The molecule has 0 atom stereocenters. The van der Waals surface area contributed by atoms with E-state index in [0.717, 1.165) is 16.9 Å². The first-order valence-electron chi connectivity index (χ1n) is 9.53. The molecule has 3 rings (SSSR count). The molecule has 2 aromatic carbocycles. The molecular weight excluding hydrogens is 392 g/mol. The lowest BCUT2D eigenvalue weighted by atomic mass is 10.1. The SMILES string of the molecule is COc1ccc(CCS(=O)(=O)Nc2ccc(CC(=O)N3CCOCC3)cc2)cc1. The summed E-state index contributed by atoms with van der Waals surface area (Å²) < 4.78 is 37.7. The number of benzene rings is 2. The summed E-state index contributed by atoms with van der Waals surface area (Å²) in [5.74, 6) is 0.777. The number of nitrogens with zero attached hydrogens (tertiary/aromatic N) is 1. The molecule has 0 unspecified atom stereocenters. The lowest BCUT2D eigenvalue weighted by Crippen LogP contribution is -2.41. The van der Waals surface area contributed by atoms with Crippen LogP contribution in [0.5, 0.6) is 5.75 Å². The quantitative estimate of drug-likeness (QED) is 0.710. The number of carbonyl (C=O) groups excluding carboxylic acids is 1. The van der Waals surface area contributed by atoms with Gasteiger partial charge in [0.05, 0.1) is 32.5 Å². The molecule has 1 aliphatic heterocycles. The maximum Gasteiger partial charge on any atom is 0.233 e. The van der Waals surface area contributed by atoms with Crippen LogP contribution in [0.15, 0.2) is 48.5 Å². The molecule has 0 spiro atoms. The summed E-state index contributed by atoms with van der Waals surface area (Å²) in [6.07, 6.45) is 0.704. The van der Waals surface area contributed by atoms with E-state index < -0.39 is 10.0 Å². The first kappa shape index (κ1) is 21.1. The summed E-state index contributed by atoms with van der Waals surface area (Å²) in [6, 6.07) is 14.3. The van der Waals surface area contributed by atoms with Crippen molar-refractivity contribution in [1.29, 1.82) is 0 Å². The van der Waals surface area contributed by atoms with E-state index in [1.165, 1.54) is 0 Å². The predicted molar refractivity (Wildman–Crippen MR) is 112 cm³/mol. The molecule has 0 bridgehead atoms. The molecule has 1 N–H and O–H groups in total. The highest BCUT2D eigenvalue weighted by Gasteiger charge is 2.17. The zero-order valence-electron chi connectivity index (χ0n) is 16.5. The summed E-state index contributed by atoms with van der Waals surface area (Å²) in [6.45, 7) is 2.38. The molecule has 29 heavy (non-hydrogen) atoms. The van der Waals surface area contributed by atoms with Gasteiger partial charge in [-0.05, 0) is 41.8 Å². The highest BCUT2D eigenvalue weighted by molar-refractivity contribution is 7.92. The number of rotatable bonds is 8. The van der Waals surface area contributed by atoms with Crippen molar-refractivity contribution in [3.05, 3.63) is 59.7 Å². The smallest absolute Gasteiger partial charge is 0.233 e. The van der Waals surface area contributed by atoms with Crippen LogP contribution in [0.2, 0.25) is 0 Å². The van der Waals surface area contributed by atoms with Crippen LogP contribution in [0.3, 0.4) is 0 Å². The van der Waals surface area contributed by atoms with Crippen LogP contribution in [-0.4, -0.2) is 58.4 Å². The highest BCUT2D eigenvalue weighted by Crippen LogP contribution is 2.15. The molecule has 1 amide bonds. The zero-order chi connectivity index (χ0) is 20.7. The maximum absolute atomic E-state index is 12.4. The summed E-state index contributed by atoms with van der Waals surface area (Å²) >= 11 is 0. The Kier molecular flexibility index (Phi) is 7.11. The largest absolute Gasteiger partial charge is 0.497 e. The molecular formula is C21H26N2O5S. The monoisotopic (exact) mass is 418 g/mol. The first-order valence-corrected chi connectivity index (χ1v) is 11.2. The van der Waals surface area contributed by atoms with Gasteiger partial charge in [-0.15, -0.1) is 0 Å². The third kappa shape index (κ3) is 6.47. The van der Waals surface area contributed by atoms with Gasteiger partial charge in [0.2, 0.25) is 15.9 Å². The Morgan fingerprint density at radius 2 is 1.66 bits per heavy atom. The Bertz CT molecular complexity index is 905. The standard InChI is InChI=1S/C21H26N2O5S/c1-27-20-8-4-17(5-9-20)10-15-29(25,26)22-19-6-2-18(3-7-19)16-21(24)23-11-13-28-14-12-23/h2-9,22H,10-16H2,1H3. The number of anilines is 1. The highest BCUT2D eigenvalue weighted by atomic mass is 32.2. The van der Waals surface area contributed by atoms with Crippen LogP contribution in [0, 0.1) is 0 Å². The number of methoxy groups -OCH3 is 1. The average Bonchev–Trinajstić information content (AvgIpc) is 2.74. The predicted octanol–water partition coefficient (Wildman–Crippen LogP) is 2.08. The normalized spacial score (nSPS) is 14.4. The van der Waals surface area contributed by atoms with E-state index in [4.69, 9.17) is 9.47 Å². The van der Waals surface area contributed by atoms with Crippen molar-refractivity contribution in [3.8, 4) is 5.75 Å². The maximum atomic E-state index is 12.4. The van der Waals surface area contributed by atoms with Crippen LogP contribution in [-0.2, 0) is 32.4 Å². The Balaban J connectivity index is 1.51. The second kappa shape index (κ2) is 9.76. The molecule has 0 saturated carbocycles. The number of hydrogen-bond acceptors (Lipinski definition) is 5. The van der Waals surface area contributed by atoms with Crippen LogP contribution < -0.4 is 9.46 Å². The van der Waals surface area contributed by atoms with E-state index in [9.17, 15) is 13.2 Å². The Morgan fingerprint density at radius 1 is 1.03 bits per heavy atom. The number of hydrogen-bond donors (Lipinski definition) is 1. The summed E-state index contributed by atoms with van der Waals surface area (Å²) in [4.78, 5) is 14.1. The summed E-state index contributed by atoms with van der Waals surface area (Å²) in [7, 11) is -1.88. The fourth-order valence-electron chi connectivity index (χ4n) is 3.06. The molecule has 0 aromatic heterocycles. The molecule has 1 fully saturated rings. The topological polar surface area (TPSA) is 84.9 Å². The minimum atomic E-state index is -3.47. The molecule has 1 aliphatic rings. The second-order valence-corrected chi connectivity index (χ2v) is 8.73. The summed E-state index contributed by atoms with van der Waals surface area (Å²) in [5.41, 5.74) is 2.26. The van der Waals surface area contributed by atoms with Crippen molar-refractivity contribution in [2.75, 3.05) is 43.9 Å². The lowest BCUT2D eigenvalue weighted by Gasteiger charge is -2.26. The van der Waals surface area contributed by atoms with Gasteiger partial charge in [0.15, 0.2) is 0 Å². The molecule has 7 nitrogen and oxygen atoms in total. The van der Waals surface area contributed by atoms with Gasteiger partial charge in [0.25, 0.3) is 0 Å². The number of morpholine rings is 1. The number of carbonyl (C=O) groups is 1. The Morgan fingerprint density at radius 3 is 2.28 bits per heavy atom. The van der Waals surface area contributed by atoms with Gasteiger partial charge >= 0.3 is 0 Å². The van der Waals surface area contributed by atoms with Gasteiger partial charge in [0, 0.05) is 18.8 Å². The molecule has 0 radical (unpaired) electrons. The van der Waals surface area contributed by atoms with Gasteiger partial charge in [-0.25, -0.2) is 8.42 Å². The van der Waals surface area contributed by atoms with E-state index >= 15 is 0 Å². The second-order valence-electron chi connectivity index (χ2n) is 6.89. The number of amides is 1. The van der Waals surface area contributed by atoms with E-state index in [-0.39, 0.29) is 11.7 Å². The molecule has 1 heterocycles. The van der Waals surface area contributed by atoms with Gasteiger partial charge in [-0.3, -0.25) is 9.52 Å². The third-order valence-electron chi connectivity index (χ3n) is 4.76. The third-order valence-corrected chi connectivity index (χ3v) is 6.05. The van der Waals surface area contributed by atoms with Crippen molar-refractivity contribution in [2.45, 2.75) is 12.8 Å². The Labute approximate surface area is 171 Å². The van der Waals surface area contributed by atoms with Crippen molar-refractivity contribution in [3.63, 3.8) is 0 Å². The van der Waals surface area contributed by atoms with Crippen molar-refractivity contribution in [1.82, 2.24) is 4.90 Å². The van der Waals surface area contributed by atoms with E-state index in [1.807, 2.05) is 24.3 Å². The molecule has 156 valence electrons. The first-order chi connectivity index (χ1) is 13.9. The fourth-order valence-corrected chi connectivity index (χ4v) is 4.17. The Hall–Kier alpha value is -2.58. The lowest BCUT2D eigenvalue weighted by molar-refractivity contribution is -0.134. The fraction of sp³-hybridized carbons (Fsp3) is 0.381. The van der Waals surface area contributed by atoms with E-state index in [0.29, 0.717) is 44.8 Å². The number of aryl methyl sites for hydroxylation is 1. The van der Waals surface area contributed by atoms with Crippen LogP contribution in [0.25, 0.3) is 0 Å². The van der Waals surface area contributed by atoms with Crippen LogP contribution in [0.4, 0.5) is 5.69 Å². The zero-order valence-corrected chi connectivity index (χ0v) is 17.3. The van der Waals surface area contributed by atoms with Crippen molar-refractivity contribution >= 4 is 21.6 Å². The number of nitrogens with one attached hydrogen (secondary N) is 1. The van der Waals surface area contributed by atoms with E-state index in [2.05, 4.69) is 4.72 Å². The van der Waals surface area contributed by atoms with Crippen LogP contribution in [0.1, 0.15) is 11.1 Å². The average molecular weight is 419 g/mol. The number of ether oxygens (including phenoxy) is 2. The molecule has 1 saturated heterocycles. The minimum absolute atomic E-state index is 0.0173. The van der Waals surface area contributed by atoms with Gasteiger partial charge in [-0.2, -0.15) is 0 Å². The van der Waals surface area contributed by atoms with Crippen molar-refractivity contribution in [2.24, 2.45) is 0 Å². The summed E-state index contributed by atoms with van der Waals surface area (Å²) in [5, 5.41) is 0. The molecule has 2 aromatic rings. The molecule has 0 aliphatic carbocycles. The van der Waals surface area contributed by atoms with Gasteiger partial charge < -0.3 is 14.4 Å². The number of sulfonamides is 1.